The van der Waals surface area contributed by atoms with Gasteiger partial charge in [0.05, 0.1) is 6.10 Å². The molecule has 1 amide bonds. The number of guanidine groups is 1. The average molecular weight is 436 g/mol. The van der Waals surface area contributed by atoms with Crippen LogP contribution >= 0.6 is 24.0 Å². The Balaban J connectivity index is 0.00000264. The van der Waals surface area contributed by atoms with E-state index in [-0.39, 0.29) is 48.3 Å². The summed E-state index contributed by atoms with van der Waals surface area (Å²) in [7, 11) is 0. The number of rotatable bonds is 4. The van der Waals surface area contributed by atoms with Crippen molar-refractivity contribution in [1.29, 1.82) is 0 Å². The highest BCUT2D eigenvalue weighted by molar-refractivity contribution is 14.0. The van der Waals surface area contributed by atoms with Gasteiger partial charge >= 0.3 is 0 Å². The van der Waals surface area contributed by atoms with Gasteiger partial charge in [0.1, 0.15) is 12.4 Å². The van der Waals surface area contributed by atoms with Gasteiger partial charge < -0.3 is 20.6 Å². The molecule has 3 N–H and O–H groups in total. The van der Waals surface area contributed by atoms with E-state index < -0.39 is 0 Å². The molecule has 1 atom stereocenters. The molecule has 0 spiro atoms. The van der Waals surface area contributed by atoms with Crippen LogP contribution in [0, 0.1) is 5.82 Å². The Bertz CT molecular complexity index is 539. The molecule has 0 aliphatic carbocycles. The fraction of sp³-hybridized carbons (Fsp3) is 0.467. The Morgan fingerprint density at radius 1 is 1.43 bits per heavy atom. The number of carbonyl (C=O) groups excluding carboxylic acids is 1. The lowest BCUT2D eigenvalue weighted by Gasteiger charge is -2.20. The van der Waals surface area contributed by atoms with E-state index in [4.69, 9.17) is 0 Å². The number of β-amino-alcohol motifs (C(OH)–C–C–N with tert-alkyl or cyclic N) is 1. The van der Waals surface area contributed by atoms with Gasteiger partial charge in [-0.05, 0) is 37.6 Å². The number of aliphatic hydroxyl groups is 1. The van der Waals surface area contributed by atoms with Crippen LogP contribution < -0.4 is 10.6 Å². The number of nitrogens with one attached hydrogen (secondary N) is 2. The molecule has 1 aromatic rings. The Morgan fingerprint density at radius 2 is 2.13 bits per heavy atom. The van der Waals surface area contributed by atoms with Gasteiger partial charge in [-0.25, -0.2) is 9.38 Å². The van der Waals surface area contributed by atoms with Gasteiger partial charge in [-0.15, -0.1) is 24.0 Å². The molecule has 1 aliphatic rings. The Hall–Kier alpha value is -1.42. The highest BCUT2D eigenvalue weighted by atomic mass is 127. The Kier molecular flexibility index (Phi) is 8.24. The van der Waals surface area contributed by atoms with Crippen molar-refractivity contribution in [2.24, 2.45) is 4.99 Å². The van der Waals surface area contributed by atoms with Crippen LogP contribution in [0.3, 0.4) is 0 Å². The van der Waals surface area contributed by atoms with Crippen molar-refractivity contribution in [3.8, 4) is 0 Å². The van der Waals surface area contributed by atoms with Crippen molar-refractivity contribution in [2.75, 3.05) is 31.5 Å². The molecule has 1 aromatic carbocycles. The van der Waals surface area contributed by atoms with Gasteiger partial charge in [-0.2, -0.15) is 0 Å². The first kappa shape index (κ1) is 19.6. The third-order valence-corrected chi connectivity index (χ3v) is 3.30. The van der Waals surface area contributed by atoms with E-state index in [0.29, 0.717) is 37.7 Å². The van der Waals surface area contributed by atoms with Crippen LogP contribution in [0.1, 0.15) is 13.3 Å². The van der Waals surface area contributed by atoms with Crippen molar-refractivity contribution in [1.82, 2.24) is 10.2 Å². The zero-order valence-electron chi connectivity index (χ0n) is 13.0. The first-order valence-corrected chi connectivity index (χ1v) is 7.35. The minimum Gasteiger partial charge on any atom is -0.391 e. The number of amides is 1. The minimum absolute atomic E-state index is 0. The van der Waals surface area contributed by atoms with Gasteiger partial charge in [0.2, 0.25) is 5.91 Å². The summed E-state index contributed by atoms with van der Waals surface area (Å²) in [5.74, 6) is -0.00638. The molecule has 2 rings (SSSR count). The lowest BCUT2D eigenvalue weighted by atomic mass is 10.3. The highest BCUT2D eigenvalue weighted by Crippen LogP contribution is 2.09. The Morgan fingerprint density at radius 3 is 2.70 bits per heavy atom. The summed E-state index contributed by atoms with van der Waals surface area (Å²) in [4.78, 5) is 18.1. The zero-order chi connectivity index (χ0) is 15.9. The van der Waals surface area contributed by atoms with E-state index in [1.54, 1.807) is 0 Å². The summed E-state index contributed by atoms with van der Waals surface area (Å²) in [6, 6.07) is 5.57. The summed E-state index contributed by atoms with van der Waals surface area (Å²) in [6.45, 7) is 3.83. The number of hydrogen-bond acceptors (Lipinski definition) is 3. The van der Waals surface area contributed by atoms with Crippen molar-refractivity contribution in [3.05, 3.63) is 30.1 Å². The van der Waals surface area contributed by atoms with Crippen molar-refractivity contribution in [3.63, 3.8) is 0 Å². The monoisotopic (exact) mass is 436 g/mol. The summed E-state index contributed by atoms with van der Waals surface area (Å²) < 4.78 is 12.8. The zero-order valence-corrected chi connectivity index (χ0v) is 15.3. The van der Waals surface area contributed by atoms with Crippen LogP contribution in [0.25, 0.3) is 0 Å². The van der Waals surface area contributed by atoms with Crippen molar-refractivity contribution >= 4 is 41.5 Å². The van der Waals surface area contributed by atoms with Crippen LogP contribution in [0.2, 0.25) is 0 Å². The number of benzene rings is 1. The fourth-order valence-corrected chi connectivity index (χ4v) is 2.24. The minimum atomic E-state index is -0.350. The van der Waals surface area contributed by atoms with Crippen LogP contribution in [0.5, 0.6) is 0 Å². The van der Waals surface area contributed by atoms with Crippen LogP contribution in [0.4, 0.5) is 10.1 Å². The number of aliphatic hydroxyl groups excluding tert-OH is 1. The molecule has 0 aromatic heterocycles. The van der Waals surface area contributed by atoms with Crippen molar-refractivity contribution < 1.29 is 14.3 Å². The number of hydrogen-bond donors (Lipinski definition) is 3. The predicted molar refractivity (Wildman–Crippen MR) is 98.6 cm³/mol. The van der Waals surface area contributed by atoms with Crippen LogP contribution in [-0.2, 0) is 4.79 Å². The molecule has 0 unspecified atom stereocenters. The van der Waals surface area contributed by atoms with E-state index in [0.717, 1.165) is 0 Å². The summed E-state index contributed by atoms with van der Waals surface area (Å²) >= 11 is 0. The smallest absolute Gasteiger partial charge is 0.246 e. The molecule has 128 valence electrons. The van der Waals surface area contributed by atoms with Gasteiger partial charge in [0.25, 0.3) is 0 Å². The lowest BCUT2D eigenvalue weighted by Crippen LogP contribution is -2.41. The number of aliphatic imine (C=N–C) groups is 1. The number of anilines is 1. The molecule has 23 heavy (non-hydrogen) atoms. The maximum atomic E-state index is 12.8. The SMILES string of the molecule is CCNC(=NCC(=O)Nc1ccc(F)cc1)N1CC[C@@H](O)C1.I. The molecule has 0 bridgehead atoms. The third kappa shape index (κ3) is 6.30. The Labute approximate surface area is 152 Å². The fourth-order valence-electron chi connectivity index (χ4n) is 2.24. The molecular formula is C15H22FIN4O2. The van der Waals surface area contributed by atoms with Gasteiger partial charge in [-0.3, -0.25) is 4.79 Å². The van der Waals surface area contributed by atoms with Crippen molar-refractivity contribution in [2.45, 2.75) is 19.4 Å². The largest absolute Gasteiger partial charge is 0.391 e. The van der Waals surface area contributed by atoms with Gasteiger partial charge in [0.15, 0.2) is 5.96 Å². The molecule has 1 saturated heterocycles. The van der Waals surface area contributed by atoms with E-state index >= 15 is 0 Å². The number of carbonyl (C=O) groups is 1. The second-order valence-electron chi connectivity index (χ2n) is 5.11. The maximum absolute atomic E-state index is 12.8. The third-order valence-electron chi connectivity index (χ3n) is 3.30. The molecule has 6 nitrogen and oxygen atoms in total. The van der Waals surface area contributed by atoms with E-state index in [1.807, 2.05) is 11.8 Å². The molecule has 1 fully saturated rings. The summed E-state index contributed by atoms with van der Waals surface area (Å²) in [5, 5.41) is 15.3. The standard InChI is InChI=1S/C15H21FN4O2.HI/c1-2-17-15(20-8-7-13(21)10-20)18-9-14(22)19-12-5-3-11(16)4-6-12;/h3-6,13,21H,2,7-10H2,1H3,(H,17,18)(H,19,22);1H/t13-;/m1./s1. The van der Waals surface area contributed by atoms with Gasteiger partial charge in [-0.1, -0.05) is 0 Å². The molecule has 0 saturated carbocycles. The molecule has 8 heteroatoms. The topological polar surface area (TPSA) is 77.0 Å². The lowest BCUT2D eigenvalue weighted by molar-refractivity contribution is -0.114. The van der Waals surface area contributed by atoms with E-state index in [2.05, 4.69) is 15.6 Å². The second-order valence-corrected chi connectivity index (χ2v) is 5.11. The van der Waals surface area contributed by atoms with Crippen LogP contribution in [-0.4, -0.2) is 54.2 Å². The van der Waals surface area contributed by atoms with Gasteiger partial charge in [0, 0.05) is 25.3 Å². The van der Waals surface area contributed by atoms with Crippen LogP contribution in [0.15, 0.2) is 29.3 Å². The first-order valence-electron chi connectivity index (χ1n) is 7.35. The normalized spacial score (nSPS) is 17.6. The quantitative estimate of drug-likeness (QED) is 0.379. The second kappa shape index (κ2) is 9.66. The molecule has 1 heterocycles. The summed E-state index contributed by atoms with van der Waals surface area (Å²) in [5.41, 5.74) is 0.531. The molecule has 0 radical (unpaired) electrons. The summed E-state index contributed by atoms with van der Waals surface area (Å²) in [6.07, 6.45) is 0.350. The van der Waals surface area contributed by atoms with E-state index in [9.17, 15) is 14.3 Å². The predicted octanol–water partition coefficient (Wildman–Crippen LogP) is 1.41. The first-order chi connectivity index (χ1) is 10.6. The van der Waals surface area contributed by atoms with E-state index in [1.165, 1.54) is 24.3 Å². The number of likely N-dealkylation sites (tertiary alicyclic amines) is 1. The maximum Gasteiger partial charge on any atom is 0.246 e. The molecule has 1 aliphatic heterocycles. The average Bonchev–Trinajstić information content (AvgIpc) is 2.92. The number of halogens is 2. The number of nitrogens with zero attached hydrogens (tertiary/aromatic N) is 2. The molecular weight excluding hydrogens is 414 g/mol. The highest BCUT2D eigenvalue weighted by Gasteiger charge is 2.22.